The van der Waals surface area contributed by atoms with Crippen molar-refractivity contribution >= 4 is 28.7 Å². The normalized spacial score (nSPS) is 27.7. The Kier molecular flexibility index (Phi) is 5.60. The van der Waals surface area contributed by atoms with Crippen LogP contribution in [0.25, 0.3) is 0 Å². The Hall–Kier alpha value is -1.87. The Bertz CT molecular complexity index is 799. The molecular formula is C19H25F2N3O3S. The van der Waals surface area contributed by atoms with E-state index in [0.29, 0.717) is 17.9 Å². The number of carbonyl (C=O) groups is 1. The molecule has 0 aliphatic carbocycles. The first-order chi connectivity index (χ1) is 13.1. The quantitative estimate of drug-likeness (QED) is 0.719. The third-order valence-electron chi connectivity index (χ3n) is 5.15. The topological polar surface area (TPSA) is 88.2 Å². The molecule has 9 heteroatoms. The van der Waals surface area contributed by atoms with Gasteiger partial charge in [0.1, 0.15) is 18.0 Å². The van der Waals surface area contributed by atoms with E-state index in [1.807, 2.05) is 0 Å². The average Bonchev–Trinajstić information content (AvgIpc) is 2.61. The van der Waals surface area contributed by atoms with E-state index in [2.05, 4.69) is 0 Å². The molecule has 154 valence electrons. The fourth-order valence-corrected chi connectivity index (χ4v) is 5.23. The number of halogens is 2. The van der Waals surface area contributed by atoms with Gasteiger partial charge in [0.15, 0.2) is 5.17 Å². The van der Waals surface area contributed by atoms with Crippen molar-refractivity contribution < 1.29 is 23.4 Å². The van der Waals surface area contributed by atoms with Crippen LogP contribution < -0.4 is 5.73 Å². The summed E-state index contributed by atoms with van der Waals surface area (Å²) in [5, 5.41) is 10.0. The van der Waals surface area contributed by atoms with Gasteiger partial charge in [-0.25, -0.2) is 18.6 Å². The fraction of sp³-hybridized carbons (Fsp3) is 0.579. The van der Waals surface area contributed by atoms with E-state index in [9.17, 15) is 18.7 Å². The predicted octanol–water partition coefficient (Wildman–Crippen LogP) is 3.86. The first kappa shape index (κ1) is 20.9. The maximum absolute atomic E-state index is 14.8. The van der Waals surface area contributed by atoms with Crippen LogP contribution in [0.3, 0.4) is 0 Å². The second-order valence-corrected chi connectivity index (χ2v) is 9.16. The molecule has 2 aliphatic heterocycles. The van der Waals surface area contributed by atoms with Crippen molar-refractivity contribution in [3.8, 4) is 0 Å². The third kappa shape index (κ3) is 3.69. The lowest BCUT2D eigenvalue weighted by Gasteiger charge is -2.48. The molecule has 6 nitrogen and oxygen atoms in total. The largest absolute Gasteiger partial charge is 0.465 e. The monoisotopic (exact) mass is 413 g/mol. The molecule has 1 amide bonds. The minimum Gasteiger partial charge on any atom is -0.465 e. The highest BCUT2D eigenvalue weighted by Crippen LogP contribution is 2.48. The lowest BCUT2D eigenvalue weighted by Crippen LogP contribution is -2.55. The van der Waals surface area contributed by atoms with Crippen molar-refractivity contribution in [2.45, 2.75) is 44.4 Å². The van der Waals surface area contributed by atoms with Crippen LogP contribution in [0.1, 0.15) is 32.8 Å². The van der Waals surface area contributed by atoms with E-state index in [0.717, 1.165) is 0 Å². The highest BCUT2D eigenvalue weighted by atomic mass is 32.2. The lowest BCUT2D eigenvalue weighted by molar-refractivity contribution is -0.0656. The number of amides is 1. The molecule has 1 aromatic rings. The van der Waals surface area contributed by atoms with E-state index in [1.54, 1.807) is 20.8 Å². The summed E-state index contributed by atoms with van der Waals surface area (Å²) in [5.74, 6) is -0.218. The zero-order valence-electron chi connectivity index (χ0n) is 16.1. The molecule has 0 unspecified atom stereocenters. The van der Waals surface area contributed by atoms with E-state index < -0.39 is 35.8 Å². The molecule has 0 bridgehead atoms. The minimum absolute atomic E-state index is 0.0334. The third-order valence-corrected chi connectivity index (χ3v) is 6.25. The fourth-order valence-electron chi connectivity index (χ4n) is 3.76. The zero-order chi connectivity index (χ0) is 20.7. The highest BCUT2D eigenvalue weighted by molar-refractivity contribution is 8.13. The van der Waals surface area contributed by atoms with Crippen LogP contribution in [0.5, 0.6) is 0 Å². The van der Waals surface area contributed by atoms with Crippen molar-refractivity contribution in [2.75, 3.05) is 24.8 Å². The number of carboxylic acid groups (broad SMARTS) is 1. The maximum Gasteiger partial charge on any atom is 0.413 e. The van der Waals surface area contributed by atoms with E-state index in [-0.39, 0.29) is 23.3 Å². The molecule has 2 aliphatic rings. The van der Waals surface area contributed by atoms with Gasteiger partial charge in [-0.1, -0.05) is 11.8 Å². The first-order valence-electron chi connectivity index (χ1n) is 9.07. The van der Waals surface area contributed by atoms with Gasteiger partial charge in [-0.15, -0.1) is 0 Å². The Morgan fingerprint density at radius 3 is 2.82 bits per heavy atom. The number of ether oxygens (including phenoxy) is 1. The lowest BCUT2D eigenvalue weighted by atomic mass is 9.75. The minimum atomic E-state index is -1.15. The molecule has 1 fully saturated rings. The summed E-state index contributed by atoms with van der Waals surface area (Å²) >= 11 is 1.29. The Balaban J connectivity index is 2.16. The van der Waals surface area contributed by atoms with Crippen molar-refractivity contribution in [1.29, 1.82) is 0 Å². The van der Waals surface area contributed by atoms with Crippen LogP contribution in [-0.2, 0) is 10.3 Å². The van der Waals surface area contributed by atoms with Crippen molar-refractivity contribution in [3.63, 3.8) is 0 Å². The molecular weight excluding hydrogens is 388 g/mol. The van der Waals surface area contributed by atoms with Crippen molar-refractivity contribution in [3.05, 3.63) is 29.6 Å². The van der Waals surface area contributed by atoms with Gasteiger partial charge in [0, 0.05) is 28.5 Å². The first-order valence-corrected chi connectivity index (χ1v) is 10.1. The van der Waals surface area contributed by atoms with Gasteiger partial charge in [-0.3, -0.25) is 4.90 Å². The molecule has 3 atom stereocenters. The van der Waals surface area contributed by atoms with Gasteiger partial charge in [-0.05, 0) is 45.4 Å². The van der Waals surface area contributed by atoms with Crippen LogP contribution >= 0.6 is 11.8 Å². The number of hydrogen-bond donors (Lipinski definition) is 2. The standard InChI is InChI=1S/C19H25F2N3O3S/c1-18(2,3)24(17(25)26)16-23-19(14-7-12(22)4-5-15(14)21)10-27-13(8-20)6-11(19)9-28-16/h4-5,7,11,13H,6,8-10,22H2,1-3H3,(H,25,26)/t11-,13+,19-/m0/s1. The highest BCUT2D eigenvalue weighted by Gasteiger charge is 2.51. The number of rotatable bonds is 2. The number of alkyl halides is 1. The molecule has 1 saturated heterocycles. The number of fused-ring (bicyclic) bond motifs is 1. The van der Waals surface area contributed by atoms with E-state index in [4.69, 9.17) is 15.5 Å². The van der Waals surface area contributed by atoms with Crippen LogP contribution in [0.2, 0.25) is 0 Å². The van der Waals surface area contributed by atoms with Gasteiger partial charge in [-0.2, -0.15) is 0 Å². The molecule has 0 saturated carbocycles. The summed E-state index contributed by atoms with van der Waals surface area (Å²) < 4.78 is 33.7. The second kappa shape index (κ2) is 7.51. The van der Waals surface area contributed by atoms with Gasteiger partial charge >= 0.3 is 6.09 Å². The van der Waals surface area contributed by atoms with Gasteiger partial charge in [0.05, 0.1) is 12.7 Å². The molecule has 0 aromatic heterocycles. The van der Waals surface area contributed by atoms with E-state index in [1.165, 1.54) is 34.9 Å². The molecule has 28 heavy (non-hydrogen) atoms. The average molecular weight is 413 g/mol. The van der Waals surface area contributed by atoms with Gasteiger partial charge in [0.2, 0.25) is 0 Å². The predicted molar refractivity (Wildman–Crippen MR) is 106 cm³/mol. The van der Waals surface area contributed by atoms with Crippen LogP contribution in [0, 0.1) is 11.7 Å². The van der Waals surface area contributed by atoms with Crippen LogP contribution in [0.15, 0.2) is 23.2 Å². The number of thioether (sulfide) groups is 1. The van der Waals surface area contributed by atoms with Crippen LogP contribution in [-0.4, -0.2) is 51.9 Å². The molecule has 3 N–H and O–H groups in total. The van der Waals surface area contributed by atoms with Gasteiger partial charge in [0.25, 0.3) is 0 Å². The number of aliphatic imine (C=N–C) groups is 1. The Morgan fingerprint density at radius 2 is 2.21 bits per heavy atom. The Labute approximate surface area is 167 Å². The number of hydrogen-bond acceptors (Lipinski definition) is 5. The van der Waals surface area contributed by atoms with E-state index >= 15 is 0 Å². The van der Waals surface area contributed by atoms with Crippen molar-refractivity contribution in [1.82, 2.24) is 4.90 Å². The molecule has 0 radical (unpaired) electrons. The molecule has 1 aromatic carbocycles. The summed E-state index contributed by atoms with van der Waals surface area (Å²) in [6.07, 6.45) is -1.34. The molecule has 2 heterocycles. The number of amidine groups is 1. The summed E-state index contributed by atoms with van der Waals surface area (Å²) in [5.41, 5.74) is 4.63. The zero-order valence-corrected chi connectivity index (χ0v) is 16.9. The summed E-state index contributed by atoms with van der Waals surface area (Å²) in [6, 6.07) is 4.24. The smallest absolute Gasteiger partial charge is 0.413 e. The SMILES string of the molecule is CC(C)(C)N(C(=O)O)C1=N[C@@]2(c3cc(N)ccc3F)CO[C@@H](CF)C[C@H]2CS1. The molecule has 0 spiro atoms. The maximum atomic E-state index is 14.8. The second-order valence-electron chi connectivity index (χ2n) is 8.18. The van der Waals surface area contributed by atoms with Crippen LogP contribution in [0.4, 0.5) is 19.3 Å². The summed E-state index contributed by atoms with van der Waals surface area (Å²) in [6.45, 7) is 4.63. The number of nitrogen functional groups attached to an aromatic ring is 1. The van der Waals surface area contributed by atoms with Gasteiger partial charge < -0.3 is 15.6 Å². The number of anilines is 1. The summed E-state index contributed by atoms with van der Waals surface area (Å²) in [4.78, 5) is 17.9. The Morgan fingerprint density at radius 1 is 1.50 bits per heavy atom. The van der Waals surface area contributed by atoms with Crippen molar-refractivity contribution in [2.24, 2.45) is 10.9 Å². The molecule has 3 rings (SSSR count). The number of benzene rings is 1. The number of nitrogens with two attached hydrogens (primary N) is 1. The summed E-state index contributed by atoms with van der Waals surface area (Å²) in [7, 11) is 0. The number of nitrogens with zero attached hydrogens (tertiary/aromatic N) is 2.